The molecule has 0 radical (unpaired) electrons. The Labute approximate surface area is 162 Å². The van der Waals surface area contributed by atoms with Gasteiger partial charge in [0.25, 0.3) is 5.91 Å². The summed E-state index contributed by atoms with van der Waals surface area (Å²) in [6, 6.07) is 14.6. The first-order valence-corrected chi connectivity index (χ1v) is 9.07. The van der Waals surface area contributed by atoms with E-state index in [9.17, 15) is 13.6 Å². The average Bonchev–Trinajstić information content (AvgIpc) is 2.71. The van der Waals surface area contributed by atoms with Crippen molar-refractivity contribution in [1.82, 2.24) is 10.3 Å². The van der Waals surface area contributed by atoms with E-state index in [-0.39, 0.29) is 17.5 Å². The Morgan fingerprint density at radius 1 is 0.929 bits per heavy atom. The van der Waals surface area contributed by atoms with Gasteiger partial charge in [0.05, 0.1) is 11.3 Å². The lowest BCUT2D eigenvalue weighted by Crippen LogP contribution is -2.26. The van der Waals surface area contributed by atoms with Crippen molar-refractivity contribution in [3.05, 3.63) is 95.3 Å². The monoisotopic (exact) mass is 381 g/mol. The Bertz CT molecular complexity index is 929. The van der Waals surface area contributed by atoms with Gasteiger partial charge >= 0.3 is 0 Å². The second kappa shape index (κ2) is 9.60. The van der Waals surface area contributed by atoms with Gasteiger partial charge < -0.3 is 10.6 Å². The maximum Gasteiger partial charge on any atom is 0.252 e. The summed E-state index contributed by atoms with van der Waals surface area (Å²) in [5.41, 5.74) is 2.74. The van der Waals surface area contributed by atoms with Crippen molar-refractivity contribution in [2.24, 2.45) is 0 Å². The fourth-order valence-corrected chi connectivity index (χ4v) is 2.78. The quantitative estimate of drug-likeness (QED) is 0.620. The van der Waals surface area contributed by atoms with E-state index >= 15 is 0 Å². The topological polar surface area (TPSA) is 54.0 Å². The number of benzene rings is 2. The minimum absolute atomic E-state index is 0.255. The number of carbonyl (C=O) groups is 1. The fraction of sp³-hybridized carbons (Fsp3) is 0.182. The molecule has 1 amide bonds. The number of pyridine rings is 1. The molecule has 0 fully saturated rings. The van der Waals surface area contributed by atoms with Crippen LogP contribution < -0.4 is 10.6 Å². The van der Waals surface area contributed by atoms with Crippen LogP contribution in [-0.4, -0.2) is 24.0 Å². The third-order valence-corrected chi connectivity index (χ3v) is 4.29. The van der Waals surface area contributed by atoms with Crippen LogP contribution in [0.1, 0.15) is 21.5 Å². The third-order valence-electron chi connectivity index (χ3n) is 4.29. The number of halogens is 2. The van der Waals surface area contributed by atoms with Gasteiger partial charge in [0.15, 0.2) is 0 Å². The maximum absolute atomic E-state index is 13.6. The summed E-state index contributed by atoms with van der Waals surface area (Å²) in [6.45, 7) is 0.966. The highest BCUT2D eigenvalue weighted by Gasteiger charge is 2.08. The second-order valence-corrected chi connectivity index (χ2v) is 6.36. The van der Waals surface area contributed by atoms with Crippen LogP contribution in [0, 0.1) is 11.6 Å². The van der Waals surface area contributed by atoms with E-state index in [1.807, 2.05) is 0 Å². The molecule has 3 rings (SSSR count). The molecule has 0 spiro atoms. The first-order valence-electron chi connectivity index (χ1n) is 9.07. The molecule has 1 heterocycles. The largest absolute Gasteiger partial charge is 0.383 e. The number of amides is 1. The summed E-state index contributed by atoms with van der Waals surface area (Å²) in [6.07, 6.45) is 4.27. The van der Waals surface area contributed by atoms with Crippen molar-refractivity contribution < 1.29 is 13.6 Å². The molecular formula is C22H21F2N3O. The number of carbonyl (C=O) groups excluding carboxylic acids is 1. The third kappa shape index (κ3) is 5.61. The van der Waals surface area contributed by atoms with Crippen molar-refractivity contribution in [1.29, 1.82) is 0 Å². The average molecular weight is 381 g/mol. The minimum Gasteiger partial charge on any atom is -0.383 e. The number of aromatic nitrogens is 1. The van der Waals surface area contributed by atoms with Crippen LogP contribution in [0.2, 0.25) is 0 Å². The molecule has 0 aliphatic heterocycles. The lowest BCUT2D eigenvalue weighted by Gasteiger charge is -2.09. The number of nitrogens with zero attached hydrogens (tertiary/aromatic N) is 1. The lowest BCUT2D eigenvalue weighted by molar-refractivity contribution is 0.0953. The molecule has 4 nitrogen and oxygen atoms in total. The van der Waals surface area contributed by atoms with Gasteiger partial charge in [0.2, 0.25) is 0 Å². The molecule has 0 saturated carbocycles. The zero-order valence-electron chi connectivity index (χ0n) is 15.3. The summed E-state index contributed by atoms with van der Waals surface area (Å²) in [7, 11) is 0. The highest BCUT2D eigenvalue weighted by Crippen LogP contribution is 2.10. The highest BCUT2D eigenvalue weighted by atomic mass is 19.1. The van der Waals surface area contributed by atoms with E-state index in [1.54, 1.807) is 42.6 Å². The SMILES string of the molecule is O=C(NCCc1ccccc1F)c1cncc(NCCc2ccc(F)cc2)c1. The van der Waals surface area contributed by atoms with Crippen molar-refractivity contribution in [3.8, 4) is 0 Å². The van der Waals surface area contributed by atoms with Crippen molar-refractivity contribution in [2.45, 2.75) is 12.8 Å². The van der Waals surface area contributed by atoms with Crippen LogP contribution >= 0.6 is 0 Å². The molecule has 3 aromatic rings. The number of hydrogen-bond acceptors (Lipinski definition) is 3. The molecule has 2 aromatic carbocycles. The van der Waals surface area contributed by atoms with Gasteiger partial charge in [-0.15, -0.1) is 0 Å². The molecule has 0 bridgehead atoms. The normalized spacial score (nSPS) is 10.5. The zero-order chi connectivity index (χ0) is 19.8. The van der Waals surface area contributed by atoms with Gasteiger partial charge in [-0.1, -0.05) is 30.3 Å². The van der Waals surface area contributed by atoms with Gasteiger partial charge in [0.1, 0.15) is 11.6 Å². The molecule has 144 valence electrons. The summed E-state index contributed by atoms with van der Waals surface area (Å²) in [5.74, 6) is -0.786. The number of nitrogens with one attached hydrogen (secondary N) is 2. The summed E-state index contributed by atoms with van der Waals surface area (Å²) < 4.78 is 26.5. The van der Waals surface area contributed by atoms with Gasteiger partial charge in [0, 0.05) is 25.5 Å². The summed E-state index contributed by atoms with van der Waals surface area (Å²) in [4.78, 5) is 16.4. The van der Waals surface area contributed by atoms with E-state index in [0.717, 1.165) is 17.7 Å². The second-order valence-electron chi connectivity index (χ2n) is 6.36. The minimum atomic E-state index is -0.272. The Balaban J connectivity index is 1.48. The number of hydrogen-bond donors (Lipinski definition) is 2. The molecule has 0 unspecified atom stereocenters. The summed E-state index contributed by atoms with van der Waals surface area (Å²) >= 11 is 0. The predicted octanol–water partition coefficient (Wildman–Crippen LogP) is 3.99. The van der Waals surface area contributed by atoms with Gasteiger partial charge in [-0.05, 0) is 48.2 Å². The zero-order valence-corrected chi connectivity index (χ0v) is 15.3. The molecule has 1 aromatic heterocycles. The smallest absolute Gasteiger partial charge is 0.252 e. The fourth-order valence-electron chi connectivity index (χ4n) is 2.78. The molecule has 0 aliphatic rings. The van der Waals surface area contributed by atoms with Crippen LogP contribution in [0.3, 0.4) is 0 Å². The van der Waals surface area contributed by atoms with Crippen molar-refractivity contribution in [3.63, 3.8) is 0 Å². The van der Waals surface area contributed by atoms with Crippen LogP contribution in [0.25, 0.3) is 0 Å². The molecule has 0 aliphatic carbocycles. The van der Waals surface area contributed by atoms with Gasteiger partial charge in [-0.2, -0.15) is 0 Å². The molecular weight excluding hydrogens is 360 g/mol. The Morgan fingerprint density at radius 2 is 1.71 bits per heavy atom. The van der Waals surface area contributed by atoms with E-state index in [0.29, 0.717) is 30.6 Å². The van der Waals surface area contributed by atoms with Crippen molar-refractivity contribution >= 4 is 11.6 Å². The number of rotatable bonds is 8. The van der Waals surface area contributed by atoms with Gasteiger partial charge in [-0.3, -0.25) is 9.78 Å². The van der Waals surface area contributed by atoms with E-state index < -0.39 is 0 Å². The van der Waals surface area contributed by atoms with E-state index in [4.69, 9.17) is 0 Å². The Morgan fingerprint density at radius 3 is 2.50 bits per heavy atom. The predicted molar refractivity (Wildman–Crippen MR) is 105 cm³/mol. The van der Waals surface area contributed by atoms with E-state index in [1.165, 1.54) is 24.4 Å². The highest BCUT2D eigenvalue weighted by molar-refractivity contribution is 5.94. The summed E-state index contributed by atoms with van der Waals surface area (Å²) in [5, 5.41) is 5.99. The van der Waals surface area contributed by atoms with Crippen molar-refractivity contribution in [2.75, 3.05) is 18.4 Å². The molecule has 28 heavy (non-hydrogen) atoms. The Hall–Kier alpha value is -3.28. The molecule has 0 saturated heterocycles. The van der Waals surface area contributed by atoms with Gasteiger partial charge in [-0.25, -0.2) is 8.78 Å². The first kappa shape index (κ1) is 19.5. The van der Waals surface area contributed by atoms with Crippen LogP contribution in [0.4, 0.5) is 14.5 Å². The maximum atomic E-state index is 13.6. The lowest BCUT2D eigenvalue weighted by atomic mass is 10.1. The first-order chi connectivity index (χ1) is 13.6. The van der Waals surface area contributed by atoms with Crippen LogP contribution in [-0.2, 0) is 12.8 Å². The molecule has 2 N–H and O–H groups in total. The standard InChI is InChI=1S/C22H21F2N3O/c23-19-7-5-16(6-8-19)9-11-26-20-13-18(14-25-15-20)22(28)27-12-10-17-3-1-2-4-21(17)24/h1-8,13-15,26H,9-12H2,(H,27,28). The molecule has 0 atom stereocenters. The number of anilines is 1. The molecule has 6 heteroatoms. The van der Waals surface area contributed by atoms with E-state index in [2.05, 4.69) is 15.6 Å². The van der Waals surface area contributed by atoms with Crippen LogP contribution in [0.5, 0.6) is 0 Å². The Kier molecular flexibility index (Phi) is 6.68. The van der Waals surface area contributed by atoms with Crippen LogP contribution in [0.15, 0.2) is 67.0 Å².